The predicted molar refractivity (Wildman–Crippen MR) is 289 cm³/mol. The molecule has 0 aliphatic rings. The fourth-order valence-electron chi connectivity index (χ4n) is 8.58. The van der Waals surface area contributed by atoms with Crippen LogP contribution in [0.4, 0.5) is 0 Å². The number of allylic oxidation sites excluding steroid dienone is 3. The maximum Gasteiger partial charge on any atom is 0.306 e. The number of amides is 1. The summed E-state index contributed by atoms with van der Waals surface area (Å²) in [5.41, 5.74) is 0. The van der Waals surface area contributed by atoms with Gasteiger partial charge in [0.15, 0.2) is 0 Å². The molecular weight excluding hydrogens is 868 g/mol. The number of rotatable bonds is 53. The van der Waals surface area contributed by atoms with Crippen molar-refractivity contribution < 1.29 is 37.3 Å². The van der Waals surface area contributed by atoms with Crippen molar-refractivity contribution in [3.05, 3.63) is 24.3 Å². The fourth-order valence-corrected chi connectivity index (χ4v) is 9.30. The van der Waals surface area contributed by atoms with Crippen LogP contribution in [-0.4, -0.2) is 69.4 Å². The first kappa shape index (κ1) is 66.5. The summed E-state index contributed by atoms with van der Waals surface area (Å²) >= 11 is 0. The summed E-state index contributed by atoms with van der Waals surface area (Å²) in [5.74, 6) is -0.547. The van der Waals surface area contributed by atoms with Gasteiger partial charge in [0.1, 0.15) is 19.3 Å². The molecule has 1 N–H and O–H groups in total. The number of likely N-dealkylation sites (N-methyl/N-ethyl adjacent to an activating group) is 1. The highest BCUT2D eigenvalue weighted by molar-refractivity contribution is 7.45. The Bertz CT molecular complexity index is 1220. The molecule has 0 heterocycles. The molecule has 0 radical (unpaired) electrons. The van der Waals surface area contributed by atoms with Crippen molar-refractivity contribution in [2.75, 3.05) is 40.9 Å². The van der Waals surface area contributed by atoms with Crippen LogP contribution in [0.1, 0.15) is 284 Å². The second kappa shape index (κ2) is 49.1. The molecule has 0 spiro atoms. The lowest BCUT2D eigenvalue weighted by Crippen LogP contribution is -2.47. The lowest BCUT2D eigenvalue weighted by Gasteiger charge is -2.30. The van der Waals surface area contributed by atoms with Crippen LogP contribution in [0.25, 0.3) is 0 Å². The van der Waals surface area contributed by atoms with E-state index >= 15 is 0 Å². The maximum atomic E-state index is 13.4. The van der Waals surface area contributed by atoms with Gasteiger partial charge in [-0.1, -0.05) is 238 Å². The summed E-state index contributed by atoms with van der Waals surface area (Å²) in [5, 5.41) is 3.01. The largest absolute Gasteiger partial charge is 0.756 e. The molecule has 68 heavy (non-hydrogen) atoms. The van der Waals surface area contributed by atoms with E-state index in [2.05, 4.69) is 38.2 Å². The van der Waals surface area contributed by atoms with E-state index in [-0.39, 0.29) is 31.5 Å². The van der Waals surface area contributed by atoms with E-state index in [4.69, 9.17) is 13.8 Å². The lowest BCUT2D eigenvalue weighted by atomic mass is 10.0. The van der Waals surface area contributed by atoms with E-state index in [1.807, 2.05) is 33.3 Å². The quantitative estimate of drug-likeness (QED) is 0.0212. The van der Waals surface area contributed by atoms with Crippen LogP contribution in [0.2, 0.25) is 0 Å². The van der Waals surface area contributed by atoms with Gasteiger partial charge in [-0.25, -0.2) is 0 Å². The Kier molecular flexibility index (Phi) is 48.0. The molecule has 0 rings (SSSR count). The molecule has 3 unspecified atom stereocenters. The number of nitrogens with one attached hydrogen (secondary N) is 1. The Balaban J connectivity index is 5.31. The molecule has 0 aromatic carbocycles. The molecule has 1 amide bonds. The third-order valence-electron chi connectivity index (χ3n) is 13.1. The van der Waals surface area contributed by atoms with Gasteiger partial charge in [-0.05, 0) is 57.4 Å². The van der Waals surface area contributed by atoms with Crippen molar-refractivity contribution in [2.45, 2.75) is 296 Å². The van der Waals surface area contributed by atoms with Crippen molar-refractivity contribution in [3.8, 4) is 0 Å². The Morgan fingerprint density at radius 3 is 1.26 bits per heavy atom. The maximum absolute atomic E-state index is 13.4. The molecule has 0 aromatic heterocycles. The molecule has 3 atom stereocenters. The molecule has 0 saturated heterocycles. The zero-order chi connectivity index (χ0) is 50.1. The molecule has 0 bridgehead atoms. The van der Waals surface area contributed by atoms with Gasteiger partial charge in [-0.15, -0.1) is 0 Å². The van der Waals surface area contributed by atoms with Crippen LogP contribution in [-0.2, 0) is 27.9 Å². The smallest absolute Gasteiger partial charge is 0.306 e. The van der Waals surface area contributed by atoms with Gasteiger partial charge in [-0.3, -0.25) is 14.2 Å². The number of phosphoric acid groups is 1. The molecule has 9 nitrogen and oxygen atoms in total. The average Bonchev–Trinajstić information content (AvgIpc) is 3.29. The van der Waals surface area contributed by atoms with Crippen LogP contribution in [0, 0.1) is 0 Å². The van der Waals surface area contributed by atoms with E-state index < -0.39 is 20.0 Å². The minimum Gasteiger partial charge on any atom is -0.756 e. The monoisotopic (exact) mass is 981 g/mol. The lowest BCUT2D eigenvalue weighted by molar-refractivity contribution is -0.870. The SMILES string of the molecule is CCCCCCCC/C=C\CCCCCC(=O)NC(COP(=O)([O-])OCC[N+](C)(C)C)C(/C=C/CCCCCCCCCCCC)OC(=O)CCCCCCCCCCCCCCCCCCC. The summed E-state index contributed by atoms with van der Waals surface area (Å²) < 4.78 is 30.2. The van der Waals surface area contributed by atoms with Gasteiger partial charge in [-0.2, -0.15) is 0 Å². The Hall–Kier alpha value is -1.51. The van der Waals surface area contributed by atoms with Gasteiger partial charge >= 0.3 is 5.97 Å². The number of carbonyl (C=O) groups is 2. The predicted octanol–water partition coefficient (Wildman–Crippen LogP) is 16.8. The summed E-state index contributed by atoms with van der Waals surface area (Å²) in [6.45, 7) is 6.85. The number of nitrogens with zero attached hydrogens (tertiary/aromatic N) is 1. The first-order chi connectivity index (χ1) is 32.9. The molecular formula is C58H113N2O7P. The topological polar surface area (TPSA) is 114 Å². The summed E-state index contributed by atoms with van der Waals surface area (Å²) in [6, 6.07) is -0.889. The van der Waals surface area contributed by atoms with Gasteiger partial charge in [0, 0.05) is 12.8 Å². The summed E-state index contributed by atoms with van der Waals surface area (Å²) in [4.78, 5) is 39.8. The second-order valence-electron chi connectivity index (χ2n) is 21.2. The molecule has 0 fully saturated rings. The zero-order valence-electron chi connectivity index (χ0n) is 45.8. The Morgan fingerprint density at radius 2 is 0.853 bits per heavy atom. The third-order valence-corrected chi connectivity index (χ3v) is 14.1. The van der Waals surface area contributed by atoms with E-state index in [1.165, 1.54) is 180 Å². The molecule has 0 aliphatic carbocycles. The van der Waals surface area contributed by atoms with Crippen LogP contribution in [0.15, 0.2) is 24.3 Å². The minimum atomic E-state index is -4.69. The molecule has 10 heteroatoms. The van der Waals surface area contributed by atoms with E-state index in [0.717, 1.165) is 70.6 Å². The number of unbranched alkanes of at least 4 members (excludes halogenated alkanes) is 35. The van der Waals surface area contributed by atoms with E-state index in [1.54, 1.807) is 0 Å². The second-order valence-corrected chi connectivity index (χ2v) is 22.6. The number of phosphoric ester groups is 1. The zero-order valence-corrected chi connectivity index (χ0v) is 46.7. The number of ether oxygens (including phenoxy) is 1. The molecule has 0 aliphatic heterocycles. The average molecular weight is 982 g/mol. The minimum absolute atomic E-state index is 0.0218. The van der Waals surface area contributed by atoms with E-state index in [0.29, 0.717) is 17.4 Å². The highest BCUT2D eigenvalue weighted by atomic mass is 31.2. The first-order valence-corrected chi connectivity index (χ1v) is 30.6. The van der Waals surface area contributed by atoms with Crippen molar-refractivity contribution in [3.63, 3.8) is 0 Å². The van der Waals surface area contributed by atoms with Gasteiger partial charge < -0.3 is 28.5 Å². The molecule has 0 aromatic rings. The van der Waals surface area contributed by atoms with Gasteiger partial charge in [0.05, 0.1) is 33.8 Å². The highest BCUT2D eigenvalue weighted by Gasteiger charge is 2.27. The number of carbonyl (C=O) groups excluding carboxylic acids is 2. The number of hydrogen-bond donors (Lipinski definition) is 1. The van der Waals surface area contributed by atoms with Crippen molar-refractivity contribution in [1.82, 2.24) is 5.32 Å². The number of hydrogen-bond acceptors (Lipinski definition) is 7. The van der Waals surface area contributed by atoms with Crippen LogP contribution in [0.3, 0.4) is 0 Å². The summed E-state index contributed by atoms with van der Waals surface area (Å²) in [7, 11) is 1.19. The Morgan fingerprint density at radius 1 is 0.500 bits per heavy atom. The van der Waals surface area contributed by atoms with Crippen molar-refractivity contribution >= 4 is 19.7 Å². The highest BCUT2D eigenvalue weighted by Crippen LogP contribution is 2.38. The Labute approximate surface area is 422 Å². The van der Waals surface area contributed by atoms with Gasteiger partial charge in [0.25, 0.3) is 7.82 Å². The van der Waals surface area contributed by atoms with Crippen molar-refractivity contribution in [1.29, 1.82) is 0 Å². The van der Waals surface area contributed by atoms with Crippen LogP contribution < -0.4 is 10.2 Å². The summed E-state index contributed by atoms with van der Waals surface area (Å²) in [6.07, 6.45) is 55.7. The number of quaternary nitrogens is 1. The van der Waals surface area contributed by atoms with Crippen LogP contribution >= 0.6 is 7.82 Å². The third kappa shape index (κ3) is 49.5. The number of esters is 1. The molecule has 0 saturated carbocycles. The fraction of sp³-hybridized carbons (Fsp3) is 0.897. The molecule has 402 valence electrons. The van der Waals surface area contributed by atoms with Crippen LogP contribution in [0.5, 0.6) is 0 Å². The van der Waals surface area contributed by atoms with Crippen molar-refractivity contribution in [2.24, 2.45) is 0 Å². The van der Waals surface area contributed by atoms with Gasteiger partial charge in [0.2, 0.25) is 5.91 Å². The standard InChI is InChI=1S/C58H113N2O7P/c1-7-10-13-16-19-22-25-28-29-30-31-33-36-39-42-45-48-51-58(62)67-56(49-46-43-40-37-34-27-24-21-18-15-12-9-3)55(54-66-68(63,64)65-53-52-60(4,5)6)59-57(61)50-47-44-41-38-35-32-26-23-20-17-14-11-8-2/h32,35,46,49,55-56H,7-31,33-34,36-45,47-48,50-54H2,1-6H3,(H-,59,61,63,64)/b35-32-,49-46+. The normalized spacial score (nSPS) is 13.9. The van der Waals surface area contributed by atoms with E-state index in [9.17, 15) is 19.0 Å². The first-order valence-electron chi connectivity index (χ1n) is 29.1.